The average molecular weight is 342 g/mol. The van der Waals surface area contributed by atoms with Crippen LogP contribution in [-0.2, 0) is 12.6 Å². The Balaban J connectivity index is 1.94. The van der Waals surface area contributed by atoms with Crippen molar-refractivity contribution in [2.45, 2.75) is 25.1 Å². The van der Waals surface area contributed by atoms with Crippen LogP contribution >= 0.6 is 0 Å². The molecule has 8 heteroatoms. The summed E-state index contributed by atoms with van der Waals surface area (Å²) in [6, 6.07) is 7.16. The molecule has 5 nitrogen and oxygen atoms in total. The van der Waals surface area contributed by atoms with Crippen LogP contribution in [0, 0.1) is 0 Å². The van der Waals surface area contributed by atoms with E-state index in [1.807, 2.05) is 0 Å². The monoisotopic (exact) mass is 342 g/mol. The van der Waals surface area contributed by atoms with Crippen molar-refractivity contribution in [3.05, 3.63) is 54.0 Å². The molecule has 0 radical (unpaired) electrons. The van der Waals surface area contributed by atoms with Gasteiger partial charge in [-0.25, -0.2) is 4.79 Å². The van der Waals surface area contributed by atoms with E-state index in [9.17, 15) is 23.1 Å². The third-order valence-corrected chi connectivity index (χ3v) is 3.25. The van der Waals surface area contributed by atoms with E-state index in [1.54, 1.807) is 12.1 Å². The molecule has 0 saturated carbocycles. The van der Waals surface area contributed by atoms with Crippen LogP contribution in [0.4, 0.5) is 23.7 Å². The maximum absolute atomic E-state index is 12.9. The Kier molecular flexibility index (Phi) is 5.18. The van der Waals surface area contributed by atoms with Crippen LogP contribution in [0.15, 0.2) is 47.1 Å². The molecule has 130 valence electrons. The molecule has 24 heavy (non-hydrogen) atoms. The van der Waals surface area contributed by atoms with E-state index in [0.717, 1.165) is 12.1 Å². The van der Waals surface area contributed by atoms with Crippen molar-refractivity contribution in [3.63, 3.8) is 0 Å². The van der Waals surface area contributed by atoms with Gasteiger partial charge in [0.05, 0.1) is 23.1 Å². The predicted molar refractivity (Wildman–Crippen MR) is 81.5 cm³/mol. The summed E-state index contributed by atoms with van der Waals surface area (Å²) in [6.07, 6.45) is -2.96. The number of rotatable bonds is 5. The number of hydrogen-bond acceptors (Lipinski definition) is 3. The summed E-state index contributed by atoms with van der Waals surface area (Å²) < 4.78 is 43.7. The van der Waals surface area contributed by atoms with E-state index in [4.69, 9.17) is 4.42 Å². The van der Waals surface area contributed by atoms with Gasteiger partial charge in [0, 0.05) is 13.0 Å². The zero-order chi connectivity index (χ0) is 17.8. The van der Waals surface area contributed by atoms with Gasteiger partial charge in [0.15, 0.2) is 0 Å². The molecule has 0 aliphatic carbocycles. The van der Waals surface area contributed by atoms with Crippen LogP contribution < -0.4 is 10.6 Å². The molecule has 0 aliphatic rings. The lowest BCUT2D eigenvalue weighted by Gasteiger charge is -2.23. The maximum atomic E-state index is 12.9. The molecule has 1 unspecified atom stereocenters. The number of carbonyl (C=O) groups is 1. The molecule has 2 aromatic rings. The minimum absolute atomic E-state index is 0.152. The smallest absolute Gasteiger partial charge is 0.418 e. The summed E-state index contributed by atoms with van der Waals surface area (Å²) in [5.41, 5.74) is -2.60. The number of halogens is 3. The molecular weight excluding hydrogens is 325 g/mol. The SMILES string of the molecule is CC(O)(CNC(=O)Nc1ccccc1C(F)(F)F)Cc1ccco1. The Morgan fingerprint density at radius 1 is 1.21 bits per heavy atom. The van der Waals surface area contributed by atoms with Gasteiger partial charge in [0.1, 0.15) is 5.76 Å². The van der Waals surface area contributed by atoms with Crippen LogP contribution in [0.2, 0.25) is 0 Å². The minimum atomic E-state index is -4.57. The van der Waals surface area contributed by atoms with Crippen molar-refractivity contribution < 1.29 is 27.5 Å². The molecule has 2 amide bonds. The Morgan fingerprint density at radius 3 is 2.54 bits per heavy atom. The van der Waals surface area contributed by atoms with Crippen LogP contribution in [0.1, 0.15) is 18.2 Å². The molecule has 0 saturated heterocycles. The highest BCUT2D eigenvalue weighted by Gasteiger charge is 2.33. The first-order valence-corrected chi connectivity index (χ1v) is 7.13. The van der Waals surface area contributed by atoms with E-state index in [0.29, 0.717) is 5.76 Å². The standard InChI is InChI=1S/C16H17F3N2O3/c1-15(23,9-11-5-4-8-24-11)10-20-14(22)21-13-7-3-2-6-12(13)16(17,18)19/h2-8,23H,9-10H2,1H3,(H2,20,21,22). The first kappa shape index (κ1) is 17.9. The second-order valence-corrected chi connectivity index (χ2v) is 5.60. The zero-order valence-corrected chi connectivity index (χ0v) is 12.9. The number of amides is 2. The van der Waals surface area contributed by atoms with Crippen molar-refractivity contribution in [1.82, 2.24) is 5.32 Å². The third kappa shape index (κ3) is 5.02. The molecule has 2 rings (SSSR count). The Morgan fingerprint density at radius 2 is 1.92 bits per heavy atom. The van der Waals surface area contributed by atoms with Crippen molar-refractivity contribution in [2.75, 3.05) is 11.9 Å². The number of benzene rings is 1. The lowest BCUT2D eigenvalue weighted by atomic mass is 10.0. The third-order valence-electron chi connectivity index (χ3n) is 3.25. The van der Waals surface area contributed by atoms with Gasteiger partial charge in [-0.2, -0.15) is 13.2 Å². The Bertz CT molecular complexity index is 682. The fourth-order valence-electron chi connectivity index (χ4n) is 2.13. The topological polar surface area (TPSA) is 74.5 Å². The number of urea groups is 1. The lowest BCUT2D eigenvalue weighted by molar-refractivity contribution is -0.136. The molecule has 1 aromatic carbocycles. The molecule has 0 bridgehead atoms. The molecule has 0 spiro atoms. The molecule has 0 aliphatic heterocycles. The van der Waals surface area contributed by atoms with Crippen molar-refractivity contribution >= 4 is 11.7 Å². The Hall–Kier alpha value is -2.48. The van der Waals surface area contributed by atoms with Crippen molar-refractivity contribution in [3.8, 4) is 0 Å². The van der Waals surface area contributed by atoms with Gasteiger partial charge in [-0.1, -0.05) is 12.1 Å². The first-order chi connectivity index (χ1) is 11.2. The largest absolute Gasteiger partial charge is 0.469 e. The van der Waals surface area contributed by atoms with Gasteiger partial charge >= 0.3 is 12.2 Å². The molecular formula is C16H17F3N2O3. The predicted octanol–water partition coefficient (Wildman–Crippen LogP) is 3.41. The highest BCUT2D eigenvalue weighted by atomic mass is 19.4. The highest BCUT2D eigenvalue weighted by molar-refractivity contribution is 5.90. The molecule has 1 atom stereocenters. The zero-order valence-electron chi connectivity index (χ0n) is 12.9. The Labute approximate surface area is 136 Å². The summed E-state index contributed by atoms with van der Waals surface area (Å²) in [5.74, 6) is 0.532. The number of anilines is 1. The van der Waals surface area contributed by atoms with E-state index in [2.05, 4.69) is 10.6 Å². The van der Waals surface area contributed by atoms with Crippen LogP contribution in [0.25, 0.3) is 0 Å². The van der Waals surface area contributed by atoms with Gasteiger partial charge in [-0.05, 0) is 31.2 Å². The van der Waals surface area contributed by atoms with Gasteiger partial charge in [-0.3, -0.25) is 0 Å². The summed E-state index contributed by atoms with van der Waals surface area (Å²) in [4.78, 5) is 11.8. The van der Waals surface area contributed by atoms with E-state index in [-0.39, 0.29) is 18.7 Å². The number of furan rings is 1. The number of alkyl halides is 3. The summed E-state index contributed by atoms with van der Waals surface area (Å²) >= 11 is 0. The van der Waals surface area contributed by atoms with Crippen LogP contribution in [-0.4, -0.2) is 23.3 Å². The fraction of sp³-hybridized carbons (Fsp3) is 0.312. The van der Waals surface area contributed by atoms with E-state index < -0.39 is 23.4 Å². The number of nitrogens with one attached hydrogen (secondary N) is 2. The van der Waals surface area contributed by atoms with Crippen LogP contribution in [0.3, 0.4) is 0 Å². The summed E-state index contributed by atoms with van der Waals surface area (Å²) in [6.45, 7) is 1.33. The maximum Gasteiger partial charge on any atom is 0.418 e. The first-order valence-electron chi connectivity index (χ1n) is 7.13. The lowest BCUT2D eigenvalue weighted by Crippen LogP contribution is -2.43. The average Bonchev–Trinajstić information content (AvgIpc) is 2.97. The van der Waals surface area contributed by atoms with E-state index in [1.165, 1.54) is 25.3 Å². The van der Waals surface area contributed by atoms with Crippen molar-refractivity contribution in [2.24, 2.45) is 0 Å². The minimum Gasteiger partial charge on any atom is -0.469 e. The van der Waals surface area contributed by atoms with Gasteiger partial charge in [0.25, 0.3) is 0 Å². The van der Waals surface area contributed by atoms with E-state index >= 15 is 0 Å². The van der Waals surface area contributed by atoms with Gasteiger partial charge in [-0.15, -0.1) is 0 Å². The van der Waals surface area contributed by atoms with Gasteiger partial charge < -0.3 is 20.2 Å². The normalized spacial score (nSPS) is 14.0. The summed E-state index contributed by atoms with van der Waals surface area (Å²) in [7, 11) is 0. The highest BCUT2D eigenvalue weighted by Crippen LogP contribution is 2.34. The number of carbonyl (C=O) groups excluding carboxylic acids is 1. The number of para-hydroxylation sites is 1. The molecule has 3 N–H and O–H groups in total. The fourth-order valence-corrected chi connectivity index (χ4v) is 2.13. The summed E-state index contributed by atoms with van der Waals surface area (Å²) in [5, 5.41) is 14.7. The van der Waals surface area contributed by atoms with Gasteiger partial charge in [0.2, 0.25) is 0 Å². The van der Waals surface area contributed by atoms with Crippen molar-refractivity contribution in [1.29, 1.82) is 0 Å². The van der Waals surface area contributed by atoms with Crippen LogP contribution in [0.5, 0.6) is 0 Å². The second kappa shape index (κ2) is 6.96. The second-order valence-electron chi connectivity index (χ2n) is 5.60. The molecule has 0 fully saturated rings. The quantitative estimate of drug-likeness (QED) is 0.779. The molecule has 1 aromatic heterocycles. The number of aliphatic hydroxyl groups is 1. The molecule has 1 heterocycles. The number of hydrogen-bond donors (Lipinski definition) is 3.